The Labute approximate surface area is 161 Å². The van der Waals surface area contributed by atoms with Crippen LogP contribution in [0.1, 0.15) is 35.3 Å². The third-order valence-electron chi connectivity index (χ3n) is 5.39. The van der Waals surface area contributed by atoms with Crippen LogP contribution in [0.15, 0.2) is 54.6 Å². The minimum Gasteiger partial charge on any atom is -0.300 e. The molecular weight excluding hydrogens is 338 g/mol. The highest BCUT2D eigenvalue weighted by Gasteiger charge is 2.29. The van der Waals surface area contributed by atoms with E-state index in [0.717, 1.165) is 38.2 Å². The number of nitrogens with one attached hydrogen (secondary N) is 1. The molecule has 2 N–H and O–H groups in total. The zero-order chi connectivity index (χ0) is 19.2. The van der Waals surface area contributed by atoms with Crippen LogP contribution in [0.2, 0.25) is 0 Å². The maximum Gasteiger partial charge on any atom is 0.274 e. The summed E-state index contributed by atoms with van der Waals surface area (Å²) >= 11 is 0. The molecule has 0 saturated carbocycles. The second-order valence-corrected chi connectivity index (χ2v) is 7.51. The van der Waals surface area contributed by atoms with Gasteiger partial charge in [-0.05, 0) is 43.5 Å². The van der Waals surface area contributed by atoms with E-state index in [1.165, 1.54) is 5.56 Å². The van der Waals surface area contributed by atoms with Crippen molar-refractivity contribution in [3.63, 3.8) is 0 Å². The Kier molecular flexibility index (Phi) is 6.61. The fraction of sp³-hybridized carbons (Fsp3) is 0.409. The Balaban J connectivity index is 1.55. The van der Waals surface area contributed by atoms with Gasteiger partial charge in [0, 0.05) is 43.8 Å². The molecule has 1 saturated heterocycles. The zero-order valence-corrected chi connectivity index (χ0v) is 16.1. The fourth-order valence-corrected chi connectivity index (χ4v) is 3.97. The lowest BCUT2D eigenvalue weighted by Crippen LogP contribution is -2.56. The quantitative estimate of drug-likeness (QED) is 0.609. The van der Waals surface area contributed by atoms with E-state index in [1.807, 2.05) is 18.2 Å². The maximum atomic E-state index is 11.6. The average molecular weight is 367 g/mol. The molecular formula is C22H29N3O2. The van der Waals surface area contributed by atoms with Crippen LogP contribution in [0.25, 0.3) is 0 Å². The highest BCUT2D eigenvalue weighted by molar-refractivity contribution is 5.93. The van der Waals surface area contributed by atoms with Gasteiger partial charge in [-0.2, -0.15) is 0 Å². The Bertz CT molecular complexity index is 738. The van der Waals surface area contributed by atoms with E-state index >= 15 is 0 Å². The number of hydrogen-bond donors (Lipinski definition) is 2. The number of hydrogen-bond acceptors (Lipinski definition) is 4. The van der Waals surface area contributed by atoms with Gasteiger partial charge in [0.25, 0.3) is 5.91 Å². The van der Waals surface area contributed by atoms with Crippen molar-refractivity contribution in [2.75, 3.05) is 19.6 Å². The number of amides is 1. The van der Waals surface area contributed by atoms with Crippen molar-refractivity contribution in [2.24, 2.45) is 0 Å². The van der Waals surface area contributed by atoms with E-state index in [-0.39, 0.29) is 0 Å². The summed E-state index contributed by atoms with van der Waals surface area (Å²) < 4.78 is 0. The second kappa shape index (κ2) is 9.13. The van der Waals surface area contributed by atoms with Gasteiger partial charge in [-0.1, -0.05) is 42.5 Å². The van der Waals surface area contributed by atoms with E-state index in [2.05, 4.69) is 54.0 Å². The summed E-state index contributed by atoms with van der Waals surface area (Å²) in [6.45, 7) is 8.67. The van der Waals surface area contributed by atoms with Gasteiger partial charge in [0.2, 0.25) is 0 Å². The fourth-order valence-electron chi connectivity index (χ4n) is 3.97. The highest BCUT2D eigenvalue weighted by atomic mass is 16.5. The maximum absolute atomic E-state index is 11.6. The van der Waals surface area contributed by atoms with Crippen molar-refractivity contribution < 1.29 is 10.0 Å². The van der Waals surface area contributed by atoms with E-state index < -0.39 is 5.91 Å². The number of carbonyl (C=O) groups is 1. The van der Waals surface area contributed by atoms with Gasteiger partial charge >= 0.3 is 0 Å². The van der Waals surface area contributed by atoms with E-state index in [4.69, 9.17) is 5.21 Å². The minimum atomic E-state index is -0.464. The van der Waals surface area contributed by atoms with Crippen LogP contribution in [0.4, 0.5) is 0 Å². The molecule has 2 aromatic carbocycles. The molecule has 0 unspecified atom stereocenters. The lowest BCUT2D eigenvalue weighted by atomic mass is 10.0. The summed E-state index contributed by atoms with van der Waals surface area (Å²) in [5, 5.41) is 8.79. The Hall–Kier alpha value is -2.21. The molecule has 0 bridgehead atoms. The van der Waals surface area contributed by atoms with Crippen molar-refractivity contribution in [3.05, 3.63) is 71.3 Å². The summed E-state index contributed by atoms with van der Waals surface area (Å²) in [6.07, 6.45) is 0.894. The Morgan fingerprint density at radius 3 is 2.37 bits per heavy atom. The molecule has 1 aliphatic rings. The van der Waals surface area contributed by atoms with E-state index in [9.17, 15) is 4.79 Å². The molecule has 3 rings (SSSR count). The van der Waals surface area contributed by atoms with Gasteiger partial charge in [-0.3, -0.25) is 19.8 Å². The number of piperazine rings is 1. The lowest BCUT2D eigenvalue weighted by Gasteiger charge is -2.44. The molecule has 1 amide bonds. The van der Waals surface area contributed by atoms with Crippen molar-refractivity contribution in [3.8, 4) is 0 Å². The Morgan fingerprint density at radius 1 is 1.04 bits per heavy atom. The molecule has 27 heavy (non-hydrogen) atoms. The summed E-state index contributed by atoms with van der Waals surface area (Å²) in [6, 6.07) is 19.1. The van der Waals surface area contributed by atoms with Crippen LogP contribution in [0, 0.1) is 0 Å². The molecule has 1 fully saturated rings. The summed E-state index contributed by atoms with van der Waals surface area (Å²) in [7, 11) is 0. The predicted molar refractivity (Wildman–Crippen MR) is 107 cm³/mol. The third-order valence-corrected chi connectivity index (χ3v) is 5.39. The number of rotatable bonds is 6. The van der Waals surface area contributed by atoms with Gasteiger partial charge in [0.15, 0.2) is 0 Å². The molecule has 0 aliphatic carbocycles. The van der Waals surface area contributed by atoms with Crippen LogP contribution in [0.5, 0.6) is 0 Å². The first kappa shape index (κ1) is 19.5. The first-order valence-electron chi connectivity index (χ1n) is 9.62. The molecule has 0 aromatic heterocycles. The molecule has 0 spiro atoms. The van der Waals surface area contributed by atoms with Gasteiger partial charge in [0.1, 0.15) is 0 Å². The van der Waals surface area contributed by atoms with E-state index in [0.29, 0.717) is 17.6 Å². The number of benzene rings is 2. The number of nitrogens with zero attached hydrogens (tertiary/aromatic N) is 2. The van der Waals surface area contributed by atoms with Crippen LogP contribution in [-0.2, 0) is 13.0 Å². The van der Waals surface area contributed by atoms with Crippen LogP contribution < -0.4 is 5.48 Å². The molecule has 1 heterocycles. The first-order valence-corrected chi connectivity index (χ1v) is 9.62. The van der Waals surface area contributed by atoms with E-state index in [1.54, 1.807) is 11.5 Å². The molecule has 2 atom stereocenters. The smallest absolute Gasteiger partial charge is 0.274 e. The van der Waals surface area contributed by atoms with Crippen molar-refractivity contribution in [1.29, 1.82) is 0 Å². The van der Waals surface area contributed by atoms with Crippen LogP contribution in [-0.4, -0.2) is 52.6 Å². The highest BCUT2D eigenvalue weighted by Crippen LogP contribution is 2.19. The Morgan fingerprint density at radius 2 is 1.70 bits per heavy atom. The summed E-state index contributed by atoms with van der Waals surface area (Å²) in [5.74, 6) is -0.464. The van der Waals surface area contributed by atoms with Crippen LogP contribution >= 0.6 is 0 Å². The normalized spacial score (nSPS) is 21.1. The molecule has 5 heteroatoms. The zero-order valence-electron chi connectivity index (χ0n) is 16.1. The average Bonchev–Trinajstić information content (AvgIpc) is 2.69. The molecule has 144 valence electrons. The second-order valence-electron chi connectivity index (χ2n) is 7.51. The van der Waals surface area contributed by atoms with Crippen molar-refractivity contribution in [2.45, 2.75) is 38.9 Å². The van der Waals surface area contributed by atoms with Crippen LogP contribution in [0.3, 0.4) is 0 Å². The monoisotopic (exact) mass is 367 g/mol. The lowest BCUT2D eigenvalue weighted by molar-refractivity contribution is 0.0335. The topological polar surface area (TPSA) is 55.8 Å². The predicted octanol–water partition coefficient (Wildman–Crippen LogP) is 2.94. The van der Waals surface area contributed by atoms with Gasteiger partial charge in [-0.25, -0.2) is 5.48 Å². The number of carbonyl (C=O) groups excluding carboxylic acids is 1. The largest absolute Gasteiger partial charge is 0.300 e. The molecule has 2 aromatic rings. The molecule has 0 radical (unpaired) electrons. The first-order chi connectivity index (χ1) is 13.1. The molecule has 5 nitrogen and oxygen atoms in total. The molecule has 1 aliphatic heterocycles. The SMILES string of the molecule is C[C@@H]1CN(CCc2cccc(C(=O)NO)c2)C[C@H](C)N1Cc1ccccc1. The van der Waals surface area contributed by atoms with Crippen molar-refractivity contribution in [1.82, 2.24) is 15.3 Å². The summed E-state index contributed by atoms with van der Waals surface area (Å²) in [5.41, 5.74) is 4.66. The van der Waals surface area contributed by atoms with Gasteiger partial charge in [0.05, 0.1) is 0 Å². The standard InChI is InChI=1S/C22H29N3O2/c1-17-14-24(12-11-19-9-6-10-21(13-19)22(26)23-27)15-18(2)25(17)16-20-7-4-3-5-8-20/h3-10,13,17-18,27H,11-12,14-16H2,1-2H3,(H,23,26)/t17-,18+. The van der Waals surface area contributed by atoms with Gasteiger partial charge < -0.3 is 0 Å². The minimum absolute atomic E-state index is 0.464. The van der Waals surface area contributed by atoms with Crippen molar-refractivity contribution >= 4 is 5.91 Å². The third kappa shape index (κ3) is 5.16. The summed E-state index contributed by atoms with van der Waals surface area (Å²) in [4.78, 5) is 16.7. The van der Waals surface area contributed by atoms with Gasteiger partial charge in [-0.15, -0.1) is 0 Å². The number of hydroxylamine groups is 1.